The van der Waals surface area contributed by atoms with E-state index >= 15 is 0 Å². The molecule has 0 radical (unpaired) electrons. The van der Waals surface area contributed by atoms with Crippen molar-refractivity contribution < 1.29 is 12.8 Å². The Hall–Kier alpha value is -1.97. The van der Waals surface area contributed by atoms with Crippen molar-refractivity contribution in [2.24, 2.45) is 5.84 Å². The molecular weight excluding hydrogens is 309 g/mol. The van der Waals surface area contributed by atoms with E-state index < -0.39 is 15.8 Å². The molecule has 106 valence electrons. The third-order valence-corrected chi connectivity index (χ3v) is 3.89. The van der Waals surface area contributed by atoms with Gasteiger partial charge in [-0.05, 0) is 12.1 Å². The quantitative estimate of drug-likeness (QED) is 0.580. The van der Waals surface area contributed by atoms with E-state index in [1.54, 1.807) is 0 Å². The number of halogens is 2. The van der Waals surface area contributed by atoms with Crippen LogP contribution in [0.3, 0.4) is 0 Å². The van der Waals surface area contributed by atoms with E-state index in [0.717, 1.165) is 18.5 Å². The number of hydrogen-bond donors (Lipinski definition) is 3. The Kier molecular flexibility index (Phi) is 4.02. The van der Waals surface area contributed by atoms with Gasteiger partial charge in [0.25, 0.3) is 10.0 Å². The number of para-hydroxylation sites is 1. The number of anilines is 2. The Bertz CT molecular complexity index is 703. The normalized spacial score (nSPS) is 11.2. The monoisotopic (exact) mass is 317 g/mol. The van der Waals surface area contributed by atoms with Crippen LogP contribution in [0.4, 0.5) is 16.0 Å². The van der Waals surface area contributed by atoms with Crippen LogP contribution in [0.5, 0.6) is 0 Å². The Labute approximate surface area is 119 Å². The molecule has 0 saturated heterocycles. The third-order valence-electron chi connectivity index (χ3n) is 2.27. The first-order valence-electron chi connectivity index (χ1n) is 5.19. The fourth-order valence-corrected chi connectivity index (χ4v) is 2.56. The summed E-state index contributed by atoms with van der Waals surface area (Å²) < 4.78 is 39.7. The van der Waals surface area contributed by atoms with Gasteiger partial charge in [0.15, 0.2) is 0 Å². The first-order chi connectivity index (χ1) is 9.44. The lowest BCUT2D eigenvalue weighted by molar-refractivity contribution is 0.597. The van der Waals surface area contributed by atoms with Crippen molar-refractivity contribution in [1.29, 1.82) is 0 Å². The lowest BCUT2D eigenvalue weighted by Crippen LogP contribution is -2.16. The number of hydrazine groups is 1. The van der Waals surface area contributed by atoms with Gasteiger partial charge in [-0.2, -0.15) is 0 Å². The van der Waals surface area contributed by atoms with Gasteiger partial charge in [-0.3, -0.25) is 10.1 Å². The van der Waals surface area contributed by atoms with Gasteiger partial charge < -0.3 is 0 Å². The molecule has 1 heterocycles. The first-order valence-corrected chi connectivity index (χ1v) is 7.05. The molecule has 2 aromatic rings. The Balaban J connectivity index is 2.35. The van der Waals surface area contributed by atoms with E-state index in [1.165, 1.54) is 12.1 Å². The van der Waals surface area contributed by atoms with Crippen molar-refractivity contribution >= 4 is 33.3 Å². The standard InChI is InChI=1S/C10H9ClFN5O2S/c11-7-2-1-3-8(12)9(7)17-20(18,19)6-4-14-10(16-13)15-5-6/h1-5,17H,13H2,(H,14,15,16). The molecule has 7 nitrogen and oxygen atoms in total. The molecule has 20 heavy (non-hydrogen) atoms. The zero-order chi connectivity index (χ0) is 14.8. The largest absolute Gasteiger partial charge is 0.292 e. The molecule has 0 amide bonds. The van der Waals surface area contributed by atoms with Gasteiger partial charge >= 0.3 is 0 Å². The van der Waals surface area contributed by atoms with E-state index in [-0.39, 0.29) is 21.6 Å². The van der Waals surface area contributed by atoms with Gasteiger partial charge in [0.05, 0.1) is 17.4 Å². The summed E-state index contributed by atoms with van der Waals surface area (Å²) in [5.74, 6) is 4.32. The molecule has 1 aromatic carbocycles. The molecule has 0 bridgehead atoms. The van der Waals surface area contributed by atoms with Crippen LogP contribution in [0.25, 0.3) is 0 Å². The van der Waals surface area contributed by atoms with Crippen LogP contribution >= 0.6 is 11.6 Å². The van der Waals surface area contributed by atoms with Crippen LogP contribution in [0.1, 0.15) is 0 Å². The molecule has 10 heteroatoms. The van der Waals surface area contributed by atoms with Gasteiger partial charge in [0, 0.05) is 0 Å². The SMILES string of the molecule is NNc1ncc(S(=O)(=O)Nc2c(F)cccc2Cl)cn1. The lowest BCUT2D eigenvalue weighted by atomic mass is 10.3. The van der Waals surface area contributed by atoms with Gasteiger partial charge in [0.1, 0.15) is 16.4 Å². The van der Waals surface area contributed by atoms with Crippen molar-refractivity contribution in [3.8, 4) is 0 Å². The third kappa shape index (κ3) is 2.95. The van der Waals surface area contributed by atoms with E-state index in [4.69, 9.17) is 17.4 Å². The number of rotatable bonds is 4. The average Bonchev–Trinajstić information content (AvgIpc) is 2.43. The molecule has 0 aliphatic carbocycles. The average molecular weight is 318 g/mol. The van der Waals surface area contributed by atoms with E-state index in [1.807, 2.05) is 4.72 Å². The molecule has 0 spiro atoms. The molecule has 0 fully saturated rings. The second kappa shape index (κ2) is 5.57. The Morgan fingerprint density at radius 3 is 2.45 bits per heavy atom. The minimum absolute atomic E-state index is 0.0490. The zero-order valence-electron chi connectivity index (χ0n) is 9.84. The summed E-state index contributed by atoms with van der Waals surface area (Å²) in [5, 5.41) is -0.0604. The molecule has 0 aliphatic heterocycles. The smallest absolute Gasteiger partial charge is 0.265 e. The first kappa shape index (κ1) is 14.4. The maximum absolute atomic E-state index is 13.5. The van der Waals surface area contributed by atoms with Crippen LogP contribution in [0, 0.1) is 5.82 Å². The minimum Gasteiger partial charge on any atom is -0.292 e. The predicted molar refractivity (Wildman–Crippen MR) is 72.1 cm³/mol. The van der Waals surface area contributed by atoms with Gasteiger partial charge in [-0.1, -0.05) is 17.7 Å². The number of nitrogens with one attached hydrogen (secondary N) is 2. The van der Waals surface area contributed by atoms with Crippen molar-refractivity contribution in [3.63, 3.8) is 0 Å². The van der Waals surface area contributed by atoms with E-state index in [2.05, 4.69) is 15.4 Å². The molecule has 2 rings (SSSR count). The van der Waals surface area contributed by atoms with Crippen molar-refractivity contribution in [3.05, 3.63) is 41.4 Å². The zero-order valence-corrected chi connectivity index (χ0v) is 11.4. The Morgan fingerprint density at radius 1 is 1.25 bits per heavy atom. The molecule has 0 saturated carbocycles. The molecule has 1 aromatic heterocycles. The van der Waals surface area contributed by atoms with Crippen LogP contribution < -0.4 is 16.0 Å². The van der Waals surface area contributed by atoms with Crippen LogP contribution in [-0.2, 0) is 10.0 Å². The van der Waals surface area contributed by atoms with Crippen molar-refractivity contribution in [2.75, 3.05) is 10.1 Å². The maximum atomic E-state index is 13.5. The maximum Gasteiger partial charge on any atom is 0.265 e. The number of nitrogen functional groups attached to an aromatic ring is 1. The highest BCUT2D eigenvalue weighted by Gasteiger charge is 2.19. The van der Waals surface area contributed by atoms with Crippen molar-refractivity contribution in [1.82, 2.24) is 9.97 Å². The van der Waals surface area contributed by atoms with Crippen molar-refractivity contribution in [2.45, 2.75) is 4.90 Å². The fraction of sp³-hybridized carbons (Fsp3) is 0. The molecular formula is C10H9ClFN5O2S. The highest BCUT2D eigenvalue weighted by Crippen LogP contribution is 2.27. The minimum atomic E-state index is -4.05. The summed E-state index contributed by atoms with van der Waals surface area (Å²) in [7, 11) is -4.05. The summed E-state index contributed by atoms with van der Waals surface area (Å²) in [5.41, 5.74) is 1.82. The second-order valence-electron chi connectivity index (χ2n) is 3.59. The fourth-order valence-electron chi connectivity index (χ4n) is 1.32. The number of benzene rings is 1. The molecule has 0 aliphatic rings. The predicted octanol–water partition coefficient (Wildman–Crippen LogP) is 1.36. The van der Waals surface area contributed by atoms with Gasteiger partial charge in [-0.15, -0.1) is 0 Å². The highest BCUT2D eigenvalue weighted by molar-refractivity contribution is 7.92. The lowest BCUT2D eigenvalue weighted by Gasteiger charge is -2.10. The molecule has 0 atom stereocenters. The summed E-state index contributed by atoms with van der Waals surface area (Å²) in [6.45, 7) is 0. The highest BCUT2D eigenvalue weighted by atomic mass is 35.5. The van der Waals surface area contributed by atoms with Crippen LogP contribution in [0.15, 0.2) is 35.5 Å². The topological polar surface area (TPSA) is 110 Å². The van der Waals surface area contributed by atoms with Gasteiger partial charge in [-0.25, -0.2) is 28.6 Å². The summed E-state index contributed by atoms with van der Waals surface area (Å²) in [6.07, 6.45) is 2.05. The molecule has 0 unspecified atom stereocenters. The van der Waals surface area contributed by atoms with Gasteiger partial charge in [0.2, 0.25) is 5.95 Å². The van der Waals surface area contributed by atoms with Crippen LogP contribution in [0.2, 0.25) is 5.02 Å². The molecule has 4 N–H and O–H groups in total. The number of nitrogens with zero attached hydrogens (tertiary/aromatic N) is 2. The number of nitrogens with two attached hydrogens (primary N) is 1. The summed E-state index contributed by atoms with van der Waals surface area (Å²) in [6, 6.07) is 3.81. The number of sulfonamides is 1. The summed E-state index contributed by atoms with van der Waals surface area (Å²) >= 11 is 5.75. The summed E-state index contributed by atoms with van der Waals surface area (Å²) in [4.78, 5) is 7.06. The number of aromatic nitrogens is 2. The van der Waals surface area contributed by atoms with E-state index in [0.29, 0.717) is 0 Å². The van der Waals surface area contributed by atoms with E-state index in [9.17, 15) is 12.8 Å². The second-order valence-corrected chi connectivity index (χ2v) is 5.68. The Morgan fingerprint density at radius 2 is 1.90 bits per heavy atom. The van der Waals surface area contributed by atoms with Crippen LogP contribution in [-0.4, -0.2) is 18.4 Å². The number of hydrogen-bond acceptors (Lipinski definition) is 6.